The second-order valence-electron chi connectivity index (χ2n) is 6.31. The van der Waals surface area contributed by atoms with E-state index in [-0.39, 0.29) is 12.0 Å². The summed E-state index contributed by atoms with van der Waals surface area (Å²) in [6.45, 7) is 6.66. The first kappa shape index (κ1) is 15.9. The third-order valence-corrected chi connectivity index (χ3v) is 3.27. The van der Waals surface area contributed by atoms with Crippen molar-refractivity contribution in [2.45, 2.75) is 45.3 Å². The van der Waals surface area contributed by atoms with Crippen LogP contribution < -0.4 is 0 Å². The molecule has 7 nitrogen and oxygen atoms in total. The average molecular weight is 307 g/mol. The Balaban J connectivity index is 2.47. The van der Waals surface area contributed by atoms with E-state index in [2.05, 4.69) is 4.84 Å². The first-order chi connectivity index (χ1) is 10.0. The minimum absolute atomic E-state index is 0.210. The number of esters is 1. The van der Waals surface area contributed by atoms with Crippen LogP contribution in [0, 0.1) is 17.0 Å². The highest BCUT2D eigenvalue weighted by molar-refractivity contribution is 6.19. The predicted molar refractivity (Wildman–Crippen MR) is 75.9 cm³/mol. The lowest BCUT2D eigenvalue weighted by Gasteiger charge is -2.28. The van der Waals surface area contributed by atoms with E-state index >= 15 is 0 Å². The maximum Gasteiger partial charge on any atom is 0.347 e. The number of nitrogens with zero attached hydrogens (tertiary/aromatic N) is 1. The molecule has 22 heavy (non-hydrogen) atoms. The number of Topliss-reactive ketones (excluding diaryl/α,β-unsaturated/α-hetero) is 1. The SMILES string of the molecule is Cc1ccc2c(c1)C[C@](O[N+](=O)[O-])(C(=O)OC(C)(C)C)C2=O. The lowest BCUT2D eigenvalue weighted by molar-refractivity contribution is -0.771. The molecule has 1 aromatic carbocycles. The lowest BCUT2D eigenvalue weighted by Crippen LogP contribution is -2.51. The molecule has 1 aliphatic carbocycles. The minimum Gasteiger partial charge on any atom is -0.458 e. The summed E-state index contributed by atoms with van der Waals surface area (Å²) in [5.41, 5.74) is -1.48. The lowest BCUT2D eigenvalue weighted by atomic mass is 9.98. The smallest absolute Gasteiger partial charge is 0.347 e. The Morgan fingerprint density at radius 2 is 2.00 bits per heavy atom. The summed E-state index contributed by atoms with van der Waals surface area (Å²) >= 11 is 0. The third-order valence-electron chi connectivity index (χ3n) is 3.27. The van der Waals surface area contributed by atoms with Crippen LogP contribution in [0.2, 0.25) is 0 Å². The van der Waals surface area contributed by atoms with Crippen molar-refractivity contribution in [3.63, 3.8) is 0 Å². The summed E-state index contributed by atoms with van der Waals surface area (Å²) < 4.78 is 5.17. The Morgan fingerprint density at radius 3 is 2.55 bits per heavy atom. The Labute approximate surface area is 127 Å². The Morgan fingerprint density at radius 1 is 1.36 bits per heavy atom. The first-order valence-electron chi connectivity index (χ1n) is 6.76. The van der Waals surface area contributed by atoms with E-state index in [0.29, 0.717) is 5.56 Å². The molecule has 0 radical (unpaired) electrons. The molecule has 1 aromatic rings. The number of carbonyl (C=O) groups is 2. The van der Waals surface area contributed by atoms with Crippen molar-refractivity contribution in [1.82, 2.24) is 0 Å². The van der Waals surface area contributed by atoms with Crippen molar-refractivity contribution < 1.29 is 24.3 Å². The summed E-state index contributed by atoms with van der Waals surface area (Å²) in [5, 5.41) is 9.69. The zero-order chi connectivity index (χ0) is 16.7. The molecule has 0 unspecified atom stereocenters. The predicted octanol–water partition coefficient (Wildman–Crippen LogP) is 2.02. The molecule has 0 heterocycles. The number of fused-ring (bicyclic) bond motifs is 1. The van der Waals surface area contributed by atoms with Gasteiger partial charge in [-0.05, 0) is 33.3 Å². The monoisotopic (exact) mass is 307 g/mol. The van der Waals surface area contributed by atoms with Gasteiger partial charge in [0.15, 0.2) is 0 Å². The summed E-state index contributed by atoms with van der Waals surface area (Å²) in [4.78, 5) is 40.3. The molecule has 0 bridgehead atoms. The molecule has 0 aromatic heterocycles. The number of benzene rings is 1. The minimum atomic E-state index is -2.26. The number of ketones is 1. The van der Waals surface area contributed by atoms with Crippen LogP contribution in [-0.4, -0.2) is 28.0 Å². The topological polar surface area (TPSA) is 95.7 Å². The molecule has 7 heteroatoms. The number of hydrogen-bond donors (Lipinski definition) is 0. The highest BCUT2D eigenvalue weighted by Crippen LogP contribution is 2.35. The maximum atomic E-state index is 12.6. The zero-order valence-corrected chi connectivity index (χ0v) is 12.8. The van der Waals surface area contributed by atoms with Crippen LogP contribution in [0.1, 0.15) is 42.3 Å². The van der Waals surface area contributed by atoms with Gasteiger partial charge < -0.3 is 4.74 Å². The van der Waals surface area contributed by atoms with Gasteiger partial charge in [-0.2, -0.15) is 0 Å². The van der Waals surface area contributed by atoms with Gasteiger partial charge >= 0.3 is 5.97 Å². The second kappa shape index (κ2) is 5.08. The number of hydrogen-bond acceptors (Lipinski definition) is 6. The van der Waals surface area contributed by atoms with Crippen LogP contribution in [0.25, 0.3) is 0 Å². The molecule has 0 spiro atoms. The van der Waals surface area contributed by atoms with Crippen molar-refractivity contribution in [3.05, 3.63) is 45.0 Å². The molecule has 0 amide bonds. The molecule has 118 valence electrons. The number of aryl methyl sites for hydroxylation is 1. The van der Waals surface area contributed by atoms with Crippen molar-refractivity contribution in [2.24, 2.45) is 0 Å². The average Bonchev–Trinajstić information content (AvgIpc) is 2.60. The van der Waals surface area contributed by atoms with Crippen LogP contribution in [-0.2, 0) is 20.8 Å². The Hall–Kier alpha value is -2.44. The Kier molecular flexibility index (Phi) is 3.68. The molecule has 1 atom stereocenters. The molecule has 0 aliphatic heterocycles. The number of ether oxygens (including phenoxy) is 1. The largest absolute Gasteiger partial charge is 0.458 e. The number of carbonyl (C=O) groups excluding carboxylic acids is 2. The first-order valence-corrected chi connectivity index (χ1v) is 6.76. The van der Waals surface area contributed by atoms with Gasteiger partial charge in [0.1, 0.15) is 5.60 Å². The molecule has 0 saturated heterocycles. The highest BCUT2D eigenvalue weighted by Gasteiger charge is 2.57. The molecule has 0 N–H and O–H groups in total. The van der Waals surface area contributed by atoms with Crippen LogP contribution in [0.4, 0.5) is 0 Å². The van der Waals surface area contributed by atoms with Gasteiger partial charge in [-0.25, -0.2) is 4.79 Å². The summed E-state index contributed by atoms with van der Waals surface area (Å²) in [5.74, 6) is -1.79. The van der Waals surface area contributed by atoms with Gasteiger partial charge in [0, 0.05) is 12.0 Å². The van der Waals surface area contributed by atoms with E-state index in [1.165, 1.54) is 0 Å². The van der Waals surface area contributed by atoms with E-state index in [9.17, 15) is 19.7 Å². The van der Waals surface area contributed by atoms with E-state index in [1.54, 1.807) is 39.0 Å². The fraction of sp³-hybridized carbons (Fsp3) is 0.467. The van der Waals surface area contributed by atoms with Gasteiger partial charge in [0.25, 0.3) is 10.7 Å². The standard InChI is InChI=1S/C15H17NO6/c1-9-5-6-11-10(7-9)8-15(12(11)17,22-16(19)20)13(18)21-14(2,3)4/h5-7H,8H2,1-4H3/t15-/m1/s1. The molecule has 2 rings (SSSR count). The van der Waals surface area contributed by atoms with E-state index in [4.69, 9.17) is 4.74 Å². The van der Waals surface area contributed by atoms with Crippen LogP contribution in [0.3, 0.4) is 0 Å². The molecular formula is C15H17NO6. The zero-order valence-electron chi connectivity index (χ0n) is 12.8. The van der Waals surface area contributed by atoms with Gasteiger partial charge in [0.2, 0.25) is 5.78 Å². The quantitative estimate of drug-likeness (QED) is 0.367. The molecule has 0 saturated carbocycles. The molecule has 1 aliphatic rings. The summed E-state index contributed by atoms with van der Waals surface area (Å²) in [7, 11) is 0. The second-order valence-corrected chi connectivity index (χ2v) is 6.31. The summed E-state index contributed by atoms with van der Waals surface area (Å²) in [6, 6.07) is 4.96. The fourth-order valence-corrected chi connectivity index (χ4v) is 2.42. The van der Waals surface area contributed by atoms with Gasteiger partial charge in [-0.15, -0.1) is 10.1 Å². The van der Waals surface area contributed by atoms with Crippen molar-refractivity contribution in [1.29, 1.82) is 0 Å². The highest BCUT2D eigenvalue weighted by atomic mass is 17.0. The summed E-state index contributed by atoms with van der Waals surface area (Å²) in [6.07, 6.45) is -0.210. The molecular weight excluding hydrogens is 290 g/mol. The van der Waals surface area contributed by atoms with Crippen LogP contribution >= 0.6 is 0 Å². The fourth-order valence-electron chi connectivity index (χ4n) is 2.42. The van der Waals surface area contributed by atoms with E-state index < -0.39 is 28.0 Å². The van der Waals surface area contributed by atoms with Gasteiger partial charge in [0.05, 0.1) is 0 Å². The van der Waals surface area contributed by atoms with Crippen molar-refractivity contribution in [3.8, 4) is 0 Å². The normalized spacial score (nSPS) is 20.5. The maximum absolute atomic E-state index is 12.6. The number of rotatable bonds is 3. The van der Waals surface area contributed by atoms with Gasteiger partial charge in [-0.1, -0.05) is 23.8 Å². The molecule has 0 fully saturated rings. The van der Waals surface area contributed by atoms with E-state index in [0.717, 1.165) is 5.56 Å². The Bertz CT molecular complexity index is 660. The van der Waals surface area contributed by atoms with Crippen molar-refractivity contribution in [2.75, 3.05) is 0 Å². The van der Waals surface area contributed by atoms with Crippen molar-refractivity contribution >= 4 is 11.8 Å². The van der Waals surface area contributed by atoms with Crippen LogP contribution in [0.5, 0.6) is 0 Å². The third kappa shape index (κ3) is 2.79. The van der Waals surface area contributed by atoms with E-state index in [1.807, 2.05) is 6.92 Å². The van der Waals surface area contributed by atoms with Crippen LogP contribution in [0.15, 0.2) is 18.2 Å². The van der Waals surface area contributed by atoms with Gasteiger partial charge in [-0.3, -0.25) is 9.63 Å².